The van der Waals surface area contributed by atoms with Crippen LogP contribution in [-0.4, -0.2) is 21.8 Å². The topological polar surface area (TPSA) is 59.8 Å². The summed E-state index contributed by atoms with van der Waals surface area (Å²) >= 11 is 1.57. The van der Waals surface area contributed by atoms with Crippen LogP contribution in [0.1, 0.15) is 10.7 Å². The van der Waals surface area contributed by atoms with Crippen molar-refractivity contribution >= 4 is 17.0 Å². The summed E-state index contributed by atoms with van der Waals surface area (Å²) in [6, 6.07) is 1.52. The van der Waals surface area contributed by atoms with Crippen LogP contribution in [0.4, 0.5) is 5.69 Å². The van der Waals surface area contributed by atoms with Crippen molar-refractivity contribution < 1.29 is 0 Å². The Bertz CT molecular complexity index is 546. The maximum atomic E-state index is 11.6. The highest BCUT2D eigenvalue weighted by molar-refractivity contribution is 7.09. The minimum Gasteiger partial charge on any atom is -0.387 e. The summed E-state index contributed by atoms with van der Waals surface area (Å²) in [5, 5.41) is 9.87. The average molecular weight is 236 g/mol. The Morgan fingerprint density at radius 3 is 2.94 bits per heavy atom. The average Bonchev–Trinajstić information content (AvgIpc) is 2.67. The molecule has 1 N–H and O–H groups in total. The Hall–Kier alpha value is -1.69. The van der Waals surface area contributed by atoms with Crippen molar-refractivity contribution in [2.45, 2.75) is 13.5 Å². The molecule has 0 fully saturated rings. The van der Waals surface area contributed by atoms with Gasteiger partial charge in [0.25, 0.3) is 5.56 Å². The van der Waals surface area contributed by atoms with Crippen LogP contribution in [0.5, 0.6) is 0 Å². The predicted octanol–water partition coefficient (Wildman–Crippen LogP) is 1.10. The van der Waals surface area contributed by atoms with Gasteiger partial charge in [0.15, 0.2) is 0 Å². The number of anilines is 1. The van der Waals surface area contributed by atoms with Crippen LogP contribution in [0, 0.1) is 6.92 Å². The van der Waals surface area contributed by atoms with E-state index in [1.807, 2.05) is 12.3 Å². The van der Waals surface area contributed by atoms with E-state index in [1.165, 1.54) is 10.7 Å². The first-order valence-electron chi connectivity index (χ1n) is 4.85. The Balaban J connectivity index is 2.25. The van der Waals surface area contributed by atoms with Crippen LogP contribution >= 0.6 is 11.3 Å². The lowest BCUT2D eigenvalue weighted by atomic mass is 10.4. The molecule has 0 aliphatic carbocycles. The van der Waals surface area contributed by atoms with Crippen LogP contribution in [-0.2, 0) is 6.54 Å². The molecule has 0 saturated heterocycles. The number of nitrogens with zero attached hydrogens (tertiary/aromatic N) is 3. The highest BCUT2D eigenvalue weighted by Crippen LogP contribution is 2.08. The lowest BCUT2D eigenvalue weighted by Crippen LogP contribution is -2.22. The molecule has 0 aliphatic rings. The van der Waals surface area contributed by atoms with E-state index < -0.39 is 0 Å². The van der Waals surface area contributed by atoms with Crippen LogP contribution < -0.4 is 10.9 Å². The largest absolute Gasteiger partial charge is 0.387 e. The molecule has 0 bridgehead atoms. The van der Waals surface area contributed by atoms with Gasteiger partial charge < -0.3 is 5.32 Å². The summed E-state index contributed by atoms with van der Waals surface area (Å²) < 4.78 is 1.40. The van der Waals surface area contributed by atoms with Gasteiger partial charge in [0.1, 0.15) is 0 Å². The normalized spacial score (nSPS) is 10.4. The van der Waals surface area contributed by atoms with Crippen molar-refractivity contribution in [3.05, 3.63) is 38.7 Å². The molecule has 2 heterocycles. The summed E-state index contributed by atoms with van der Waals surface area (Å²) in [5.74, 6) is 0. The molecule has 5 nitrogen and oxygen atoms in total. The number of thiazole rings is 1. The predicted molar refractivity (Wildman–Crippen MR) is 64.0 cm³/mol. The fraction of sp³-hybridized carbons (Fsp3) is 0.300. The maximum Gasteiger partial charge on any atom is 0.269 e. The van der Waals surface area contributed by atoms with Gasteiger partial charge >= 0.3 is 0 Å². The molecule has 6 heteroatoms. The fourth-order valence-electron chi connectivity index (χ4n) is 1.32. The Morgan fingerprint density at radius 1 is 1.56 bits per heavy atom. The van der Waals surface area contributed by atoms with E-state index in [4.69, 9.17) is 0 Å². The van der Waals surface area contributed by atoms with Crippen molar-refractivity contribution in [1.29, 1.82) is 0 Å². The molecule has 0 aromatic carbocycles. The van der Waals surface area contributed by atoms with E-state index in [0.717, 1.165) is 16.4 Å². The number of aryl methyl sites for hydroxylation is 1. The molecule has 0 aliphatic heterocycles. The van der Waals surface area contributed by atoms with E-state index in [1.54, 1.807) is 24.6 Å². The minimum atomic E-state index is -0.127. The van der Waals surface area contributed by atoms with Crippen LogP contribution in [0.25, 0.3) is 0 Å². The zero-order valence-corrected chi connectivity index (χ0v) is 9.91. The molecule has 84 valence electrons. The van der Waals surface area contributed by atoms with Crippen molar-refractivity contribution in [3.8, 4) is 0 Å². The van der Waals surface area contributed by atoms with Crippen molar-refractivity contribution in [1.82, 2.24) is 14.8 Å². The van der Waals surface area contributed by atoms with Gasteiger partial charge in [-0.1, -0.05) is 0 Å². The lowest BCUT2D eigenvalue weighted by Gasteiger charge is -2.03. The van der Waals surface area contributed by atoms with Crippen LogP contribution in [0.3, 0.4) is 0 Å². The van der Waals surface area contributed by atoms with Crippen molar-refractivity contribution in [2.24, 2.45) is 0 Å². The minimum absolute atomic E-state index is 0.127. The zero-order valence-electron chi connectivity index (χ0n) is 9.10. The van der Waals surface area contributed by atoms with Crippen molar-refractivity contribution in [3.63, 3.8) is 0 Å². The third-order valence-electron chi connectivity index (χ3n) is 2.14. The second-order valence-corrected chi connectivity index (χ2v) is 4.41. The van der Waals surface area contributed by atoms with E-state index in [0.29, 0.717) is 6.54 Å². The van der Waals surface area contributed by atoms with Crippen molar-refractivity contribution in [2.75, 3.05) is 12.4 Å². The number of nitrogens with one attached hydrogen (secondary N) is 1. The Kier molecular flexibility index (Phi) is 3.00. The third kappa shape index (κ3) is 2.27. The highest BCUT2D eigenvalue weighted by atomic mass is 32.1. The van der Waals surface area contributed by atoms with Gasteiger partial charge in [-0.05, 0) is 6.92 Å². The Labute approximate surface area is 96.8 Å². The first-order chi connectivity index (χ1) is 7.69. The van der Waals surface area contributed by atoms with Gasteiger partial charge in [0.05, 0.1) is 29.1 Å². The molecular formula is C10H12N4OS. The monoisotopic (exact) mass is 236 g/mol. The van der Waals surface area contributed by atoms with Gasteiger partial charge in [0.2, 0.25) is 0 Å². The summed E-state index contributed by atoms with van der Waals surface area (Å²) in [6.07, 6.45) is 1.63. The Morgan fingerprint density at radius 2 is 2.38 bits per heavy atom. The SMILES string of the molecule is CNc1cnn(Cc2csc(C)n2)c(=O)c1. The molecule has 2 rings (SSSR count). The van der Waals surface area contributed by atoms with Gasteiger partial charge in [-0.25, -0.2) is 9.67 Å². The molecular weight excluding hydrogens is 224 g/mol. The summed E-state index contributed by atoms with van der Waals surface area (Å²) in [5.41, 5.74) is 1.46. The molecule has 2 aromatic heterocycles. The van der Waals surface area contributed by atoms with Gasteiger partial charge in [-0.3, -0.25) is 4.79 Å². The lowest BCUT2D eigenvalue weighted by molar-refractivity contribution is 0.630. The summed E-state index contributed by atoms with van der Waals surface area (Å²) in [7, 11) is 1.75. The first kappa shape index (κ1) is 10.8. The summed E-state index contributed by atoms with van der Waals surface area (Å²) in [4.78, 5) is 15.9. The fourth-order valence-corrected chi connectivity index (χ4v) is 1.93. The number of rotatable bonds is 3. The molecule has 2 aromatic rings. The zero-order chi connectivity index (χ0) is 11.5. The maximum absolute atomic E-state index is 11.6. The van der Waals surface area contributed by atoms with Gasteiger partial charge in [-0.2, -0.15) is 5.10 Å². The second kappa shape index (κ2) is 4.44. The molecule has 0 atom stereocenters. The third-order valence-corrected chi connectivity index (χ3v) is 2.96. The first-order valence-corrected chi connectivity index (χ1v) is 5.73. The molecule has 0 saturated carbocycles. The van der Waals surface area contributed by atoms with Crippen LogP contribution in [0.2, 0.25) is 0 Å². The number of aromatic nitrogens is 3. The number of hydrogen-bond donors (Lipinski definition) is 1. The molecule has 0 radical (unpaired) electrons. The smallest absolute Gasteiger partial charge is 0.269 e. The van der Waals surface area contributed by atoms with E-state index in [-0.39, 0.29) is 5.56 Å². The summed E-state index contributed by atoms with van der Waals surface area (Å²) in [6.45, 7) is 2.36. The quantitative estimate of drug-likeness (QED) is 0.867. The standard InChI is InChI=1S/C10H12N4OS/c1-7-13-9(6-16-7)5-14-10(15)3-8(11-2)4-12-14/h3-4,6,11H,5H2,1-2H3. The van der Waals surface area contributed by atoms with Gasteiger partial charge in [-0.15, -0.1) is 11.3 Å². The molecule has 0 spiro atoms. The second-order valence-electron chi connectivity index (χ2n) is 3.35. The highest BCUT2D eigenvalue weighted by Gasteiger charge is 2.03. The van der Waals surface area contributed by atoms with E-state index >= 15 is 0 Å². The van der Waals surface area contributed by atoms with E-state index in [2.05, 4.69) is 15.4 Å². The molecule has 16 heavy (non-hydrogen) atoms. The number of hydrogen-bond acceptors (Lipinski definition) is 5. The van der Waals surface area contributed by atoms with Gasteiger partial charge in [0, 0.05) is 18.5 Å². The van der Waals surface area contributed by atoms with Crippen LogP contribution in [0.15, 0.2) is 22.4 Å². The van der Waals surface area contributed by atoms with E-state index in [9.17, 15) is 4.79 Å². The molecule has 0 amide bonds. The molecule has 0 unspecified atom stereocenters.